The number of anilines is 1. The second-order valence-corrected chi connectivity index (χ2v) is 5.27. The van der Waals surface area contributed by atoms with Crippen molar-refractivity contribution in [3.05, 3.63) is 12.4 Å². The van der Waals surface area contributed by atoms with Crippen molar-refractivity contribution in [3.8, 4) is 5.88 Å². The Morgan fingerprint density at radius 1 is 1.39 bits per heavy atom. The number of nitrogens with zero attached hydrogens (tertiary/aromatic N) is 3. The van der Waals surface area contributed by atoms with Crippen LogP contribution < -0.4 is 9.64 Å². The second kappa shape index (κ2) is 6.23. The van der Waals surface area contributed by atoms with Crippen LogP contribution in [0.3, 0.4) is 0 Å². The highest BCUT2D eigenvalue weighted by atomic mass is 35.5. The lowest BCUT2D eigenvalue weighted by Crippen LogP contribution is -2.34. The summed E-state index contributed by atoms with van der Waals surface area (Å²) >= 11 is 5.89. The molecule has 1 aromatic heterocycles. The molecule has 0 aliphatic carbocycles. The average Bonchev–Trinajstić information content (AvgIpc) is 2.38. The highest BCUT2D eigenvalue weighted by molar-refractivity contribution is 6.18. The first-order valence-corrected chi connectivity index (χ1v) is 7.02. The van der Waals surface area contributed by atoms with Crippen molar-refractivity contribution in [2.24, 2.45) is 5.92 Å². The van der Waals surface area contributed by atoms with Crippen LogP contribution in [0.5, 0.6) is 5.88 Å². The van der Waals surface area contributed by atoms with Crippen LogP contribution >= 0.6 is 11.6 Å². The lowest BCUT2D eigenvalue weighted by molar-refractivity contribution is 0.232. The zero-order valence-corrected chi connectivity index (χ0v) is 11.7. The van der Waals surface area contributed by atoms with Gasteiger partial charge in [0.05, 0.1) is 6.10 Å². The Morgan fingerprint density at radius 3 is 2.72 bits per heavy atom. The van der Waals surface area contributed by atoms with Crippen LogP contribution in [0.25, 0.3) is 0 Å². The topological polar surface area (TPSA) is 38.2 Å². The molecule has 0 aromatic carbocycles. The number of hydrogen-bond donors (Lipinski definition) is 0. The minimum atomic E-state index is 0.134. The molecule has 1 aliphatic heterocycles. The van der Waals surface area contributed by atoms with Gasteiger partial charge in [-0.15, -0.1) is 11.6 Å². The SMILES string of the molecule is CC(C)Oc1cc(N2CCC(CCl)CC2)ncn1. The first-order valence-electron chi connectivity index (χ1n) is 6.48. The second-order valence-electron chi connectivity index (χ2n) is 4.97. The molecule has 0 N–H and O–H groups in total. The molecule has 0 amide bonds. The third-order valence-electron chi connectivity index (χ3n) is 3.14. The van der Waals surface area contributed by atoms with E-state index in [2.05, 4.69) is 14.9 Å². The predicted octanol–water partition coefficient (Wildman–Crippen LogP) is 2.72. The van der Waals surface area contributed by atoms with E-state index >= 15 is 0 Å². The Morgan fingerprint density at radius 2 is 2.11 bits per heavy atom. The van der Waals surface area contributed by atoms with Gasteiger partial charge in [-0.2, -0.15) is 0 Å². The molecule has 0 spiro atoms. The maximum absolute atomic E-state index is 5.89. The Kier molecular flexibility index (Phi) is 4.64. The van der Waals surface area contributed by atoms with Crippen molar-refractivity contribution in [2.45, 2.75) is 32.8 Å². The van der Waals surface area contributed by atoms with E-state index in [1.54, 1.807) is 6.33 Å². The number of alkyl halides is 1. The number of aromatic nitrogens is 2. The summed E-state index contributed by atoms with van der Waals surface area (Å²) in [5.74, 6) is 3.01. The first kappa shape index (κ1) is 13.4. The fourth-order valence-corrected chi connectivity index (χ4v) is 2.43. The Balaban J connectivity index is 2.00. The summed E-state index contributed by atoms with van der Waals surface area (Å²) in [5.41, 5.74) is 0. The molecular weight excluding hydrogens is 250 g/mol. The normalized spacial score (nSPS) is 17.2. The number of hydrogen-bond acceptors (Lipinski definition) is 4. The molecular formula is C13H20ClN3O. The largest absolute Gasteiger partial charge is 0.475 e. The molecule has 4 nitrogen and oxygen atoms in total. The minimum Gasteiger partial charge on any atom is -0.475 e. The standard InChI is InChI=1S/C13H20ClN3O/c1-10(2)18-13-7-12(15-9-16-13)17-5-3-11(8-14)4-6-17/h7,9-11H,3-6,8H2,1-2H3. The average molecular weight is 270 g/mol. The van der Waals surface area contributed by atoms with E-state index in [0.717, 1.165) is 37.6 Å². The van der Waals surface area contributed by atoms with E-state index in [0.29, 0.717) is 11.8 Å². The molecule has 100 valence electrons. The molecule has 1 fully saturated rings. The predicted molar refractivity (Wildman–Crippen MR) is 73.5 cm³/mol. The summed E-state index contributed by atoms with van der Waals surface area (Å²) in [7, 11) is 0. The highest BCUT2D eigenvalue weighted by Gasteiger charge is 2.19. The van der Waals surface area contributed by atoms with Gasteiger partial charge >= 0.3 is 0 Å². The van der Waals surface area contributed by atoms with Crippen molar-refractivity contribution in [1.29, 1.82) is 0 Å². The van der Waals surface area contributed by atoms with E-state index in [4.69, 9.17) is 16.3 Å². The molecule has 1 aliphatic rings. The molecule has 5 heteroatoms. The third-order valence-corrected chi connectivity index (χ3v) is 3.58. The van der Waals surface area contributed by atoms with Crippen molar-refractivity contribution >= 4 is 17.4 Å². The van der Waals surface area contributed by atoms with Crippen molar-refractivity contribution in [3.63, 3.8) is 0 Å². The summed E-state index contributed by atoms with van der Waals surface area (Å²) in [6.45, 7) is 6.01. The van der Waals surface area contributed by atoms with Gasteiger partial charge in [-0.3, -0.25) is 0 Å². The molecule has 0 saturated carbocycles. The van der Waals surface area contributed by atoms with Crippen LogP contribution in [0.4, 0.5) is 5.82 Å². The summed E-state index contributed by atoms with van der Waals surface area (Å²) in [6.07, 6.45) is 3.97. The molecule has 1 aromatic rings. The van der Waals surface area contributed by atoms with Gasteiger partial charge in [0.25, 0.3) is 0 Å². The van der Waals surface area contributed by atoms with E-state index in [1.165, 1.54) is 0 Å². The molecule has 18 heavy (non-hydrogen) atoms. The maximum atomic E-state index is 5.89. The number of rotatable bonds is 4. The van der Waals surface area contributed by atoms with Crippen LogP contribution in [0, 0.1) is 5.92 Å². The lowest BCUT2D eigenvalue weighted by atomic mass is 9.99. The van der Waals surface area contributed by atoms with Crippen LogP contribution in [0.15, 0.2) is 12.4 Å². The summed E-state index contributed by atoms with van der Waals surface area (Å²) in [5, 5.41) is 0. The molecule has 2 rings (SSSR count). The monoisotopic (exact) mass is 269 g/mol. The van der Waals surface area contributed by atoms with Gasteiger partial charge < -0.3 is 9.64 Å². The smallest absolute Gasteiger partial charge is 0.218 e. The van der Waals surface area contributed by atoms with Gasteiger partial charge in [0.15, 0.2) is 0 Å². The van der Waals surface area contributed by atoms with E-state index in [9.17, 15) is 0 Å². The first-order chi connectivity index (χ1) is 8.69. The third kappa shape index (κ3) is 3.48. The van der Waals surface area contributed by atoms with Gasteiger partial charge in [0.1, 0.15) is 12.1 Å². The van der Waals surface area contributed by atoms with Gasteiger partial charge in [-0.1, -0.05) is 0 Å². The van der Waals surface area contributed by atoms with E-state index < -0.39 is 0 Å². The number of ether oxygens (including phenoxy) is 1. The molecule has 0 bridgehead atoms. The Labute approximate surface area is 113 Å². The van der Waals surface area contributed by atoms with Crippen LogP contribution in [0.1, 0.15) is 26.7 Å². The summed E-state index contributed by atoms with van der Waals surface area (Å²) in [6, 6.07) is 1.92. The molecule has 0 atom stereocenters. The quantitative estimate of drug-likeness (QED) is 0.788. The molecule has 2 heterocycles. The van der Waals surface area contributed by atoms with Crippen molar-refractivity contribution in [1.82, 2.24) is 9.97 Å². The van der Waals surface area contributed by atoms with Crippen LogP contribution in [-0.2, 0) is 0 Å². The van der Waals surface area contributed by atoms with Gasteiger partial charge in [0.2, 0.25) is 5.88 Å². The number of halogens is 1. The van der Waals surface area contributed by atoms with Crippen LogP contribution in [0.2, 0.25) is 0 Å². The molecule has 0 radical (unpaired) electrons. The van der Waals surface area contributed by atoms with Gasteiger partial charge in [-0.05, 0) is 32.6 Å². The maximum Gasteiger partial charge on any atom is 0.218 e. The van der Waals surface area contributed by atoms with E-state index in [-0.39, 0.29) is 6.10 Å². The van der Waals surface area contributed by atoms with Gasteiger partial charge in [0, 0.05) is 25.0 Å². The fourth-order valence-electron chi connectivity index (χ4n) is 2.13. The molecule has 1 saturated heterocycles. The minimum absolute atomic E-state index is 0.134. The van der Waals surface area contributed by atoms with Gasteiger partial charge in [-0.25, -0.2) is 9.97 Å². The highest BCUT2D eigenvalue weighted by Crippen LogP contribution is 2.24. The Hall–Kier alpha value is -1.03. The molecule has 0 unspecified atom stereocenters. The zero-order valence-electron chi connectivity index (χ0n) is 11.0. The fraction of sp³-hybridized carbons (Fsp3) is 0.692. The zero-order chi connectivity index (χ0) is 13.0. The van der Waals surface area contributed by atoms with E-state index in [1.807, 2.05) is 19.9 Å². The number of piperidine rings is 1. The van der Waals surface area contributed by atoms with Crippen LogP contribution in [-0.4, -0.2) is 35.0 Å². The van der Waals surface area contributed by atoms with Crippen molar-refractivity contribution < 1.29 is 4.74 Å². The lowest BCUT2D eigenvalue weighted by Gasteiger charge is -2.31. The summed E-state index contributed by atoms with van der Waals surface area (Å²) in [4.78, 5) is 10.7. The van der Waals surface area contributed by atoms with Crippen molar-refractivity contribution in [2.75, 3.05) is 23.9 Å². The Bertz CT molecular complexity index is 378. The summed E-state index contributed by atoms with van der Waals surface area (Å²) < 4.78 is 5.59.